The van der Waals surface area contributed by atoms with Crippen LogP contribution in [0, 0.1) is 0 Å². The molecule has 0 aliphatic carbocycles. The van der Waals surface area contributed by atoms with Gasteiger partial charge in [0.15, 0.2) is 0 Å². The standard InChI is InChI=1S/C18H19NO3/c1-18(2,3)22-17(20)19-13-7-5-4-6-12(13)16-14(19)10-11-8-9-15(16)21-11/h4-9,11,15H,10H2,1-3H3. The number of aromatic nitrogens is 1. The summed E-state index contributed by atoms with van der Waals surface area (Å²) in [7, 11) is 0. The lowest BCUT2D eigenvalue weighted by atomic mass is 10.0. The van der Waals surface area contributed by atoms with Gasteiger partial charge in [0.1, 0.15) is 11.7 Å². The van der Waals surface area contributed by atoms with Crippen LogP contribution < -0.4 is 0 Å². The first kappa shape index (κ1) is 13.6. The van der Waals surface area contributed by atoms with E-state index in [-0.39, 0.29) is 18.3 Å². The summed E-state index contributed by atoms with van der Waals surface area (Å²) in [5.74, 6) is 0. The van der Waals surface area contributed by atoms with E-state index in [0.29, 0.717) is 6.42 Å². The zero-order valence-electron chi connectivity index (χ0n) is 13.0. The molecule has 1 aromatic heterocycles. The van der Waals surface area contributed by atoms with Crippen LogP contribution in [0.3, 0.4) is 0 Å². The van der Waals surface area contributed by atoms with E-state index in [2.05, 4.69) is 12.2 Å². The molecule has 2 bridgehead atoms. The van der Waals surface area contributed by atoms with Crippen molar-refractivity contribution in [3.8, 4) is 0 Å². The number of fused-ring (bicyclic) bond motifs is 6. The average molecular weight is 297 g/mol. The number of nitrogens with zero attached hydrogens (tertiary/aromatic N) is 1. The second kappa shape index (κ2) is 4.46. The monoisotopic (exact) mass is 297 g/mol. The molecule has 4 rings (SSSR count). The van der Waals surface area contributed by atoms with Gasteiger partial charge in [-0.15, -0.1) is 0 Å². The Morgan fingerprint density at radius 3 is 2.82 bits per heavy atom. The smallest absolute Gasteiger partial charge is 0.419 e. The summed E-state index contributed by atoms with van der Waals surface area (Å²) in [6.07, 6.45) is 4.56. The minimum Gasteiger partial charge on any atom is -0.443 e. The van der Waals surface area contributed by atoms with E-state index in [1.54, 1.807) is 4.57 Å². The van der Waals surface area contributed by atoms with E-state index in [9.17, 15) is 4.79 Å². The quantitative estimate of drug-likeness (QED) is 0.691. The van der Waals surface area contributed by atoms with Gasteiger partial charge < -0.3 is 9.47 Å². The predicted molar refractivity (Wildman–Crippen MR) is 84.0 cm³/mol. The second-order valence-corrected chi connectivity index (χ2v) is 6.88. The van der Waals surface area contributed by atoms with Crippen molar-refractivity contribution in [3.05, 3.63) is 47.7 Å². The van der Waals surface area contributed by atoms with E-state index in [1.165, 1.54) is 0 Å². The summed E-state index contributed by atoms with van der Waals surface area (Å²) in [5, 5.41) is 1.07. The summed E-state index contributed by atoms with van der Waals surface area (Å²) in [4.78, 5) is 12.7. The first-order valence-electron chi connectivity index (χ1n) is 7.63. The van der Waals surface area contributed by atoms with E-state index in [0.717, 1.165) is 22.2 Å². The first-order chi connectivity index (χ1) is 10.4. The summed E-state index contributed by atoms with van der Waals surface area (Å²) >= 11 is 0. The highest BCUT2D eigenvalue weighted by molar-refractivity contribution is 5.94. The molecule has 3 heterocycles. The van der Waals surface area contributed by atoms with Crippen molar-refractivity contribution in [2.75, 3.05) is 0 Å². The molecule has 0 amide bonds. The molecule has 4 nitrogen and oxygen atoms in total. The Bertz CT molecular complexity index is 795. The second-order valence-electron chi connectivity index (χ2n) is 6.88. The minimum absolute atomic E-state index is 0.0534. The maximum absolute atomic E-state index is 12.7. The molecule has 2 aliphatic heterocycles. The fourth-order valence-corrected chi connectivity index (χ4v) is 3.33. The van der Waals surface area contributed by atoms with Crippen LogP contribution in [-0.4, -0.2) is 22.4 Å². The van der Waals surface area contributed by atoms with E-state index < -0.39 is 5.60 Å². The van der Waals surface area contributed by atoms with Gasteiger partial charge in [-0.3, -0.25) is 0 Å². The Balaban J connectivity index is 1.93. The third-order valence-electron chi connectivity index (χ3n) is 4.09. The number of ether oxygens (including phenoxy) is 2. The average Bonchev–Trinajstić information content (AvgIpc) is 2.96. The number of carbonyl (C=O) groups excluding carboxylic acids is 1. The van der Waals surface area contributed by atoms with Gasteiger partial charge in [0.05, 0.1) is 11.6 Å². The van der Waals surface area contributed by atoms with Crippen molar-refractivity contribution in [3.63, 3.8) is 0 Å². The normalized spacial score (nSPS) is 22.9. The Kier molecular flexibility index (Phi) is 2.76. The fraction of sp³-hybridized carbons (Fsp3) is 0.389. The van der Waals surface area contributed by atoms with Crippen molar-refractivity contribution >= 4 is 17.0 Å². The highest BCUT2D eigenvalue weighted by Crippen LogP contribution is 2.42. The lowest BCUT2D eigenvalue weighted by molar-refractivity contribution is 0.0422. The van der Waals surface area contributed by atoms with Gasteiger partial charge in [0, 0.05) is 23.1 Å². The molecule has 2 aromatic rings. The van der Waals surface area contributed by atoms with Gasteiger partial charge >= 0.3 is 6.09 Å². The SMILES string of the molecule is CC(C)(C)OC(=O)n1c2c(c3ccccc31)C1C=CC(C2)O1. The molecule has 0 spiro atoms. The van der Waals surface area contributed by atoms with Crippen LogP contribution in [0.5, 0.6) is 0 Å². The largest absolute Gasteiger partial charge is 0.443 e. The van der Waals surface area contributed by atoms with Crippen LogP contribution in [0.2, 0.25) is 0 Å². The van der Waals surface area contributed by atoms with Gasteiger partial charge in [-0.1, -0.05) is 30.4 Å². The van der Waals surface area contributed by atoms with Crippen molar-refractivity contribution < 1.29 is 14.3 Å². The van der Waals surface area contributed by atoms with Crippen molar-refractivity contribution in [1.82, 2.24) is 4.57 Å². The van der Waals surface area contributed by atoms with Gasteiger partial charge in [0.25, 0.3) is 0 Å². The summed E-state index contributed by atoms with van der Waals surface area (Å²) in [6, 6.07) is 7.95. The van der Waals surface area contributed by atoms with Crippen LogP contribution >= 0.6 is 0 Å². The highest BCUT2D eigenvalue weighted by atomic mass is 16.6. The molecule has 22 heavy (non-hydrogen) atoms. The van der Waals surface area contributed by atoms with Crippen LogP contribution in [0.1, 0.15) is 38.1 Å². The number of hydrogen-bond acceptors (Lipinski definition) is 3. The van der Waals surface area contributed by atoms with Gasteiger partial charge in [-0.25, -0.2) is 9.36 Å². The van der Waals surface area contributed by atoms with Crippen molar-refractivity contribution in [1.29, 1.82) is 0 Å². The Morgan fingerprint density at radius 2 is 2.05 bits per heavy atom. The molecule has 0 saturated carbocycles. The summed E-state index contributed by atoms with van der Waals surface area (Å²) in [5.41, 5.74) is 2.50. The van der Waals surface area contributed by atoms with Crippen LogP contribution in [-0.2, 0) is 15.9 Å². The molecule has 0 radical (unpaired) electrons. The predicted octanol–water partition coefficient (Wildman–Crippen LogP) is 3.98. The van der Waals surface area contributed by atoms with Gasteiger partial charge in [0.2, 0.25) is 0 Å². The summed E-state index contributed by atoms with van der Waals surface area (Å²) in [6.45, 7) is 5.66. The Morgan fingerprint density at radius 1 is 1.27 bits per heavy atom. The third kappa shape index (κ3) is 1.98. The molecule has 2 unspecified atom stereocenters. The molecular weight excluding hydrogens is 278 g/mol. The minimum atomic E-state index is -0.516. The van der Waals surface area contributed by atoms with Gasteiger partial charge in [-0.2, -0.15) is 0 Å². The molecule has 1 aromatic carbocycles. The van der Waals surface area contributed by atoms with E-state index >= 15 is 0 Å². The molecule has 0 N–H and O–H groups in total. The zero-order valence-corrected chi connectivity index (χ0v) is 13.0. The fourth-order valence-electron chi connectivity index (χ4n) is 3.33. The van der Waals surface area contributed by atoms with Crippen LogP contribution in [0.4, 0.5) is 4.79 Å². The topological polar surface area (TPSA) is 40.5 Å². The molecule has 2 atom stereocenters. The van der Waals surface area contributed by atoms with E-state index in [1.807, 2.05) is 45.0 Å². The molecule has 2 aliphatic rings. The Hall–Kier alpha value is -2.07. The molecule has 4 heteroatoms. The van der Waals surface area contributed by atoms with Crippen LogP contribution in [0.25, 0.3) is 10.9 Å². The zero-order chi connectivity index (χ0) is 15.5. The molecule has 114 valence electrons. The lowest BCUT2D eigenvalue weighted by Gasteiger charge is -2.24. The van der Waals surface area contributed by atoms with E-state index in [4.69, 9.17) is 9.47 Å². The number of benzene rings is 1. The maximum atomic E-state index is 12.7. The Labute approximate surface area is 129 Å². The summed E-state index contributed by atoms with van der Waals surface area (Å²) < 4.78 is 13.3. The number of carbonyl (C=O) groups is 1. The number of rotatable bonds is 0. The maximum Gasteiger partial charge on any atom is 0.419 e. The lowest BCUT2D eigenvalue weighted by Crippen LogP contribution is -2.30. The molecule has 0 saturated heterocycles. The van der Waals surface area contributed by atoms with Crippen LogP contribution in [0.15, 0.2) is 36.4 Å². The highest BCUT2D eigenvalue weighted by Gasteiger charge is 2.36. The molecular formula is C18H19NO3. The van der Waals surface area contributed by atoms with Crippen molar-refractivity contribution in [2.45, 2.75) is 45.0 Å². The van der Waals surface area contributed by atoms with Crippen molar-refractivity contribution in [2.24, 2.45) is 0 Å². The first-order valence-corrected chi connectivity index (χ1v) is 7.63. The molecule has 0 fully saturated rings. The van der Waals surface area contributed by atoms with Gasteiger partial charge in [-0.05, 0) is 26.8 Å². The third-order valence-corrected chi connectivity index (χ3v) is 4.09. The number of para-hydroxylation sites is 1. The number of hydrogen-bond donors (Lipinski definition) is 0.